The number of thiazole rings is 2. The number of aliphatic hydroxyl groups is 2. The summed E-state index contributed by atoms with van der Waals surface area (Å²) < 4.78 is 8.61. The van der Waals surface area contributed by atoms with E-state index in [0.29, 0.717) is 17.7 Å². The highest BCUT2D eigenvalue weighted by Gasteiger charge is 2.44. The number of aryl methyl sites for hydroxylation is 2. The van der Waals surface area contributed by atoms with Crippen molar-refractivity contribution in [1.29, 1.82) is 0 Å². The van der Waals surface area contributed by atoms with Gasteiger partial charge in [-0.2, -0.15) is 10.2 Å². The van der Waals surface area contributed by atoms with Crippen molar-refractivity contribution in [1.82, 2.24) is 50.0 Å². The Hall–Kier alpha value is -5.04. The minimum atomic E-state index is -0.788. The van der Waals surface area contributed by atoms with Crippen molar-refractivity contribution in [3.05, 3.63) is 107 Å². The van der Waals surface area contributed by atoms with Crippen LogP contribution in [-0.4, -0.2) is 138 Å². The second-order valence-electron chi connectivity index (χ2n) is 19.7. The van der Waals surface area contributed by atoms with E-state index < -0.39 is 36.4 Å². The fourth-order valence-corrected chi connectivity index (χ4v) is 11.1. The molecule has 2 aliphatic rings. The number of carbonyl (C=O) groups is 4. The Labute approximate surface area is 483 Å². The first kappa shape index (κ1) is 61.2. The Morgan fingerprint density at radius 2 is 1.06 bits per heavy atom. The van der Waals surface area contributed by atoms with Crippen molar-refractivity contribution in [3.8, 4) is 32.4 Å². The highest BCUT2D eigenvalue weighted by Crippen LogP contribution is 2.33. The zero-order chi connectivity index (χ0) is 56.1. The number of nitrogens with zero attached hydrogens (tertiary/aromatic N) is 8. The quantitative estimate of drug-likeness (QED) is 0.0508. The summed E-state index contributed by atoms with van der Waals surface area (Å²) in [7, 11) is 0. The SMILES string of the molecule is BrCCBr.Cc1ncsc1-c1ccc([C@H](C)NC(=O)[C@@H]2C[C@@H](O)CN2C(=O)C(C(C)C)n2cc(O)cn2)cc1.Cc1ncsc1-c1ccc([C@H](C)NC(=O)[C@@H]2C[C@@H](O)CN2C(=O)C(C(C)C)n2cc(OCCBr)cn2)cc1. The van der Waals surface area contributed by atoms with Gasteiger partial charge >= 0.3 is 0 Å². The van der Waals surface area contributed by atoms with Gasteiger partial charge in [0.05, 0.1) is 87.8 Å². The number of nitrogens with one attached hydrogen (secondary N) is 2. The molecule has 4 aromatic heterocycles. The second-order valence-corrected chi connectivity index (χ2v) is 23.7. The summed E-state index contributed by atoms with van der Waals surface area (Å²) in [5.41, 5.74) is 9.68. The number of ether oxygens (including phenoxy) is 1. The molecular formula is C54H69Br3N10O8S2. The molecule has 8 atom stereocenters. The summed E-state index contributed by atoms with van der Waals surface area (Å²) in [6.45, 7) is 16.1. The maximum absolute atomic E-state index is 13.7. The largest absolute Gasteiger partial charge is 0.505 e. The lowest BCUT2D eigenvalue weighted by molar-refractivity contribution is -0.142. The van der Waals surface area contributed by atoms with Gasteiger partial charge in [-0.1, -0.05) is 124 Å². The predicted molar refractivity (Wildman–Crippen MR) is 311 cm³/mol. The van der Waals surface area contributed by atoms with Gasteiger partial charge in [-0.3, -0.25) is 28.5 Å². The fourth-order valence-electron chi connectivity index (χ4n) is 9.33. The van der Waals surface area contributed by atoms with Crippen molar-refractivity contribution in [2.45, 2.75) is 117 Å². The van der Waals surface area contributed by atoms with E-state index in [1.165, 1.54) is 26.9 Å². The summed E-state index contributed by atoms with van der Waals surface area (Å²) >= 11 is 12.9. The van der Waals surface area contributed by atoms with E-state index in [1.807, 2.05) is 115 Å². The summed E-state index contributed by atoms with van der Waals surface area (Å²) in [5, 5.41) is 47.7. The molecule has 2 fully saturated rings. The number of β-amino-alcohol motifs (C(OH)–C–C–N with tert-alkyl or cyclic N) is 2. The number of alkyl halides is 3. The molecule has 23 heteroatoms. The normalized spacial score (nSPS) is 18.7. The molecule has 2 saturated heterocycles. The number of amides is 4. The third kappa shape index (κ3) is 15.8. The molecule has 416 valence electrons. The van der Waals surface area contributed by atoms with Gasteiger partial charge in [-0.25, -0.2) is 9.97 Å². The number of aliphatic hydroxyl groups excluding tert-OH is 2. The minimum absolute atomic E-state index is 0.0375. The maximum atomic E-state index is 13.7. The first-order valence-corrected chi connectivity index (χ1v) is 30.6. The first-order chi connectivity index (χ1) is 36.8. The van der Waals surface area contributed by atoms with E-state index in [-0.39, 0.29) is 79.2 Å². The minimum Gasteiger partial charge on any atom is -0.505 e. The summed E-state index contributed by atoms with van der Waals surface area (Å²) in [4.78, 5) is 67.6. The van der Waals surface area contributed by atoms with Gasteiger partial charge in [0.2, 0.25) is 23.6 Å². The van der Waals surface area contributed by atoms with Crippen molar-refractivity contribution >= 4 is 94.1 Å². The fraction of sp³-hybridized carbons (Fsp3) is 0.481. The van der Waals surface area contributed by atoms with Gasteiger partial charge in [0.15, 0.2) is 11.5 Å². The molecule has 0 saturated carbocycles. The number of hydrogen-bond donors (Lipinski definition) is 5. The Bertz CT molecular complexity index is 2860. The highest BCUT2D eigenvalue weighted by atomic mass is 79.9. The molecule has 2 unspecified atom stereocenters. The summed E-state index contributed by atoms with van der Waals surface area (Å²) in [5.74, 6) is -0.839. The molecule has 2 aliphatic heterocycles. The van der Waals surface area contributed by atoms with E-state index in [2.05, 4.69) is 78.6 Å². The Morgan fingerprint density at radius 3 is 1.42 bits per heavy atom. The number of aromatic hydroxyl groups is 1. The molecule has 0 aliphatic carbocycles. The van der Waals surface area contributed by atoms with Crippen molar-refractivity contribution in [3.63, 3.8) is 0 Å². The van der Waals surface area contributed by atoms with E-state index in [1.54, 1.807) is 39.7 Å². The number of rotatable bonds is 18. The smallest absolute Gasteiger partial charge is 0.248 e. The standard InChI is InChI=1S/C27H34BrN5O4S.C25H31N5O4S.C2H4Br2/c1-16(2)24(33-14-22(12-30-33)37-10-9-28)27(36)32-13-21(34)11-23(32)26(35)31-17(3)19-5-7-20(8-6-19)25-18(4)29-15-38-25;1-14(2)22(30-12-20(32)10-27-30)25(34)29-11-19(31)9-21(29)24(33)28-15(3)17-5-7-18(8-6-17)23-16(4)26-13-35-23;3-1-2-4/h5-8,12,14-17,21,23-24,34H,9-11,13H2,1-4H3,(H,31,35);5-8,10,12-15,19,21-22,31-32H,9,11H2,1-4H3,(H,28,33);1-2H2/t17-,21+,23-,24?;15-,19+,21-,22?;/m00./s1. The molecule has 77 heavy (non-hydrogen) atoms. The lowest BCUT2D eigenvalue weighted by Crippen LogP contribution is -2.49. The molecule has 2 aromatic carbocycles. The molecule has 8 rings (SSSR count). The zero-order valence-corrected chi connectivity index (χ0v) is 50.8. The summed E-state index contributed by atoms with van der Waals surface area (Å²) in [6.07, 6.45) is 4.75. The van der Waals surface area contributed by atoms with Crippen LogP contribution in [0.3, 0.4) is 0 Å². The van der Waals surface area contributed by atoms with Crippen LogP contribution in [0.25, 0.3) is 20.9 Å². The van der Waals surface area contributed by atoms with Crippen molar-refractivity contribution < 1.29 is 39.2 Å². The van der Waals surface area contributed by atoms with Gasteiger partial charge in [-0.05, 0) is 61.8 Å². The molecule has 4 amide bonds. The van der Waals surface area contributed by atoms with Crippen LogP contribution in [0.1, 0.15) is 101 Å². The Morgan fingerprint density at radius 1 is 0.649 bits per heavy atom. The molecule has 18 nitrogen and oxygen atoms in total. The number of aromatic nitrogens is 6. The monoisotopic (exact) mass is 1290 g/mol. The zero-order valence-electron chi connectivity index (χ0n) is 44.4. The summed E-state index contributed by atoms with van der Waals surface area (Å²) in [6, 6.07) is 12.6. The van der Waals surface area contributed by atoms with E-state index in [9.17, 15) is 34.5 Å². The van der Waals surface area contributed by atoms with Gasteiger partial charge in [-0.15, -0.1) is 22.7 Å². The number of likely N-dealkylation sites (tertiary alicyclic amines) is 2. The molecule has 5 N–H and O–H groups in total. The molecular weight excluding hydrogens is 1220 g/mol. The van der Waals surface area contributed by atoms with Gasteiger partial charge in [0.1, 0.15) is 24.2 Å². The number of benzene rings is 2. The van der Waals surface area contributed by atoms with Crippen LogP contribution in [-0.2, 0) is 19.2 Å². The average Bonchev–Trinajstić information content (AvgIpc) is 4.30. The Kier molecular flexibility index (Phi) is 22.8. The molecule has 6 heterocycles. The van der Waals surface area contributed by atoms with Crippen LogP contribution in [0, 0.1) is 25.7 Å². The second kappa shape index (κ2) is 28.7. The van der Waals surface area contributed by atoms with Crippen LogP contribution in [0.4, 0.5) is 0 Å². The van der Waals surface area contributed by atoms with Crippen LogP contribution in [0.2, 0.25) is 0 Å². The Balaban J connectivity index is 0.000000234. The van der Waals surface area contributed by atoms with Crippen molar-refractivity contribution in [2.75, 3.05) is 35.7 Å². The lowest BCUT2D eigenvalue weighted by atomic mass is 10.0. The van der Waals surface area contributed by atoms with Gasteiger partial charge in [0.25, 0.3) is 0 Å². The van der Waals surface area contributed by atoms with Crippen molar-refractivity contribution in [2.24, 2.45) is 11.8 Å². The highest BCUT2D eigenvalue weighted by molar-refractivity contribution is 9.12. The lowest BCUT2D eigenvalue weighted by Gasteiger charge is -2.30. The number of halogens is 3. The molecule has 0 spiro atoms. The first-order valence-electron chi connectivity index (χ1n) is 25.4. The van der Waals surface area contributed by atoms with Crippen LogP contribution >= 0.6 is 70.5 Å². The van der Waals surface area contributed by atoms with E-state index >= 15 is 0 Å². The van der Waals surface area contributed by atoms with Crippen LogP contribution in [0.15, 0.2) is 84.3 Å². The van der Waals surface area contributed by atoms with E-state index in [4.69, 9.17) is 4.74 Å². The van der Waals surface area contributed by atoms with Crippen LogP contribution < -0.4 is 15.4 Å². The van der Waals surface area contributed by atoms with E-state index in [0.717, 1.165) is 54.1 Å². The third-order valence-electron chi connectivity index (χ3n) is 13.2. The number of hydrogen-bond acceptors (Lipinski definition) is 14. The van der Waals surface area contributed by atoms with Crippen LogP contribution in [0.5, 0.6) is 11.5 Å². The molecule has 6 aromatic rings. The maximum Gasteiger partial charge on any atom is 0.248 e. The third-order valence-corrected chi connectivity index (χ3v) is 17.3. The predicted octanol–water partition coefficient (Wildman–Crippen LogP) is 8.96. The average molecular weight is 1290 g/mol. The topological polar surface area (TPSA) is 230 Å². The molecule has 0 bridgehead atoms. The number of carbonyl (C=O) groups excluding carboxylic acids is 4. The van der Waals surface area contributed by atoms with Gasteiger partial charge in [0, 0.05) is 41.9 Å². The van der Waals surface area contributed by atoms with Gasteiger partial charge < -0.3 is 40.5 Å². The molecule has 0 radical (unpaired) electrons.